The third-order valence-electron chi connectivity index (χ3n) is 3.52. The molecule has 0 radical (unpaired) electrons. The second-order valence-electron chi connectivity index (χ2n) is 5.15. The van der Waals surface area contributed by atoms with E-state index in [1.54, 1.807) is 14.2 Å². The number of benzene rings is 1. The van der Waals surface area contributed by atoms with Crippen LogP contribution in [0.1, 0.15) is 32.6 Å². The number of methoxy groups -OCH3 is 2. The Morgan fingerprint density at radius 1 is 1.24 bits per heavy atom. The third kappa shape index (κ3) is 2.68. The SMILES string of the molecule is CCc1nc(-c2ccc(OC)cc2OC)c(N)n1C(C)C. The molecule has 0 aliphatic carbocycles. The molecule has 1 aromatic carbocycles. The summed E-state index contributed by atoms with van der Waals surface area (Å²) in [5, 5.41) is 0. The van der Waals surface area contributed by atoms with Crippen LogP contribution >= 0.6 is 0 Å². The number of imidazole rings is 1. The van der Waals surface area contributed by atoms with E-state index in [1.165, 1.54) is 0 Å². The maximum Gasteiger partial charge on any atom is 0.132 e. The second-order valence-corrected chi connectivity index (χ2v) is 5.15. The van der Waals surface area contributed by atoms with Crippen molar-refractivity contribution >= 4 is 5.82 Å². The number of aryl methyl sites for hydroxylation is 1. The Morgan fingerprint density at radius 3 is 2.43 bits per heavy atom. The van der Waals surface area contributed by atoms with Crippen LogP contribution in [-0.4, -0.2) is 23.8 Å². The van der Waals surface area contributed by atoms with Crippen molar-refractivity contribution in [3.8, 4) is 22.8 Å². The fraction of sp³-hybridized carbons (Fsp3) is 0.438. The molecule has 0 spiro atoms. The number of anilines is 1. The van der Waals surface area contributed by atoms with Crippen molar-refractivity contribution in [3.63, 3.8) is 0 Å². The molecule has 21 heavy (non-hydrogen) atoms. The molecule has 1 aromatic heterocycles. The van der Waals surface area contributed by atoms with E-state index in [4.69, 9.17) is 20.2 Å². The van der Waals surface area contributed by atoms with Gasteiger partial charge in [0, 0.05) is 24.1 Å². The molecule has 0 saturated heterocycles. The topological polar surface area (TPSA) is 62.3 Å². The lowest BCUT2D eigenvalue weighted by molar-refractivity contribution is 0.395. The molecular weight excluding hydrogens is 266 g/mol. The predicted octanol–water partition coefficient (Wildman–Crippen LogP) is 3.29. The van der Waals surface area contributed by atoms with Crippen molar-refractivity contribution in [3.05, 3.63) is 24.0 Å². The largest absolute Gasteiger partial charge is 0.497 e. The molecule has 0 bridgehead atoms. The van der Waals surface area contributed by atoms with Crippen LogP contribution in [0.3, 0.4) is 0 Å². The van der Waals surface area contributed by atoms with Crippen molar-refractivity contribution in [1.29, 1.82) is 0 Å². The molecule has 0 fully saturated rings. The molecule has 5 heteroatoms. The molecule has 2 rings (SSSR count). The molecule has 0 unspecified atom stereocenters. The third-order valence-corrected chi connectivity index (χ3v) is 3.52. The first-order valence-electron chi connectivity index (χ1n) is 7.12. The minimum absolute atomic E-state index is 0.269. The lowest BCUT2D eigenvalue weighted by atomic mass is 10.1. The Balaban J connectivity index is 2.62. The average molecular weight is 289 g/mol. The van der Waals surface area contributed by atoms with Gasteiger partial charge >= 0.3 is 0 Å². The van der Waals surface area contributed by atoms with E-state index in [0.717, 1.165) is 29.3 Å². The van der Waals surface area contributed by atoms with E-state index in [1.807, 2.05) is 18.2 Å². The Bertz CT molecular complexity index is 633. The molecule has 0 atom stereocenters. The van der Waals surface area contributed by atoms with E-state index >= 15 is 0 Å². The molecule has 2 aromatic rings. The highest BCUT2D eigenvalue weighted by Crippen LogP contribution is 2.37. The molecule has 0 amide bonds. The maximum atomic E-state index is 6.32. The monoisotopic (exact) mass is 289 g/mol. The van der Waals surface area contributed by atoms with Crippen molar-refractivity contribution < 1.29 is 9.47 Å². The summed E-state index contributed by atoms with van der Waals surface area (Å²) in [5.41, 5.74) is 7.96. The normalized spacial score (nSPS) is 11.0. The van der Waals surface area contributed by atoms with Gasteiger partial charge in [0.15, 0.2) is 0 Å². The number of hydrogen-bond acceptors (Lipinski definition) is 4. The van der Waals surface area contributed by atoms with E-state index in [9.17, 15) is 0 Å². The highest BCUT2D eigenvalue weighted by atomic mass is 16.5. The lowest BCUT2D eigenvalue weighted by Gasteiger charge is -2.13. The van der Waals surface area contributed by atoms with Crippen LogP contribution in [0.25, 0.3) is 11.3 Å². The summed E-state index contributed by atoms with van der Waals surface area (Å²) in [6.45, 7) is 6.29. The van der Waals surface area contributed by atoms with E-state index < -0.39 is 0 Å². The van der Waals surface area contributed by atoms with Crippen molar-refractivity contribution in [2.75, 3.05) is 20.0 Å². The summed E-state index contributed by atoms with van der Waals surface area (Å²) in [7, 11) is 3.26. The minimum atomic E-state index is 0.269. The average Bonchev–Trinajstić information content (AvgIpc) is 2.83. The molecule has 1 heterocycles. The number of nitrogens with zero attached hydrogens (tertiary/aromatic N) is 2. The molecule has 0 saturated carbocycles. The van der Waals surface area contributed by atoms with Gasteiger partial charge in [0.1, 0.15) is 28.8 Å². The van der Waals surface area contributed by atoms with Crippen molar-refractivity contribution in [1.82, 2.24) is 9.55 Å². The zero-order valence-corrected chi connectivity index (χ0v) is 13.3. The molecule has 2 N–H and O–H groups in total. The Hall–Kier alpha value is -2.17. The van der Waals surface area contributed by atoms with Crippen molar-refractivity contribution in [2.24, 2.45) is 0 Å². The van der Waals surface area contributed by atoms with Gasteiger partial charge in [0.2, 0.25) is 0 Å². The van der Waals surface area contributed by atoms with Crippen LogP contribution in [0.5, 0.6) is 11.5 Å². The van der Waals surface area contributed by atoms with Gasteiger partial charge in [-0.25, -0.2) is 4.98 Å². The standard InChI is InChI=1S/C16H23N3O2/c1-6-14-18-15(16(17)19(14)10(2)3)12-8-7-11(20-4)9-13(12)21-5/h7-10H,6,17H2,1-5H3. The van der Waals surface area contributed by atoms with Gasteiger partial charge in [-0.15, -0.1) is 0 Å². The Morgan fingerprint density at radius 2 is 1.95 bits per heavy atom. The number of nitrogen functional groups attached to an aromatic ring is 1. The van der Waals surface area contributed by atoms with Crippen LogP contribution in [0, 0.1) is 0 Å². The first kappa shape index (κ1) is 15.2. The fourth-order valence-electron chi connectivity index (χ4n) is 2.51. The van der Waals surface area contributed by atoms with E-state index in [-0.39, 0.29) is 6.04 Å². The van der Waals surface area contributed by atoms with Gasteiger partial charge in [0.25, 0.3) is 0 Å². The molecule has 114 valence electrons. The fourth-order valence-corrected chi connectivity index (χ4v) is 2.51. The van der Waals surface area contributed by atoms with E-state index in [0.29, 0.717) is 11.6 Å². The molecule has 0 aliphatic rings. The number of aromatic nitrogens is 2. The number of rotatable bonds is 5. The first-order valence-corrected chi connectivity index (χ1v) is 7.12. The van der Waals surface area contributed by atoms with Gasteiger partial charge in [0.05, 0.1) is 14.2 Å². The van der Waals surface area contributed by atoms with Crippen LogP contribution in [0.15, 0.2) is 18.2 Å². The summed E-state index contributed by atoms with van der Waals surface area (Å²) >= 11 is 0. The van der Waals surface area contributed by atoms with Crippen LogP contribution in [0.4, 0.5) is 5.82 Å². The smallest absolute Gasteiger partial charge is 0.132 e. The molecular formula is C16H23N3O2. The highest BCUT2D eigenvalue weighted by Gasteiger charge is 2.20. The molecule has 0 aliphatic heterocycles. The summed E-state index contributed by atoms with van der Waals surface area (Å²) in [6.07, 6.45) is 0.834. The van der Waals surface area contributed by atoms with Crippen LogP contribution in [-0.2, 0) is 6.42 Å². The highest BCUT2D eigenvalue weighted by molar-refractivity contribution is 5.77. The quantitative estimate of drug-likeness (QED) is 0.917. The number of hydrogen-bond donors (Lipinski definition) is 1. The van der Waals surface area contributed by atoms with Gasteiger partial charge in [-0.1, -0.05) is 6.92 Å². The van der Waals surface area contributed by atoms with Gasteiger partial charge < -0.3 is 19.8 Å². The lowest BCUT2D eigenvalue weighted by Crippen LogP contribution is -2.09. The van der Waals surface area contributed by atoms with E-state index in [2.05, 4.69) is 25.3 Å². The first-order chi connectivity index (χ1) is 10.0. The Kier molecular flexibility index (Phi) is 4.40. The molecule has 5 nitrogen and oxygen atoms in total. The predicted molar refractivity (Wildman–Crippen MR) is 84.9 cm³/mol. The van der Waals surface area contributed by atoms with Crippen LogP contribution in [0.2, 0.25) is 0 Å². The maximum absolute atomic E-state index is 6.32. The number of nitrogens with two attached hydrogens (primary N) is 1. The summed E-state index contributed by atoms with van der Waals surface area (Å²) < 4.78 is 12.8. The summed E-state index contributed by atoms with van der Waals surface area (Å²) in [5.74, 6) is 3.10. The van der Waals surface area contributed by atoms with Crippen LogP contribution < -0.4 is 15.2 Å². The summed E-state index contributed by atoms with van der Waals surface area (Å²) in [4.78, 5) is 4.70. The zero-order chi connectivity index (χ0) is 15.6. The summed E-state index contributed by atoms with van der Waals surface area (Å²) in [6, 6.07) is 5.93. The van der Waals surface area contributed by atoms with Gasteiger partial charge in [-0.05, 0) is 26.0 Å². The minimum Gasteiger partial charge on any atom is -0.497 e. The number of ether oxygens (including phenoxy) is 2. The zero-order valence-electron chi connectivity index (χ0n) is 13.3. The van der Waals surface area contributed by atoms with Gasteiger partial charge in [-0.3, -0.25) is 0 Å². The Labute approximate surface area is 125 Å². The second kappa shape index (κ2) is 6.08. The van der Waals surface area contributed by atoms with Gasteiger partial charge in [-0.2, -0.15) is 0 Å². The van der Waals surface area contributed by atoms with Crippen molar-refractivity contribution in [2.45, 2.75) is 33.2 Å².